The molecular formula is C13H20BrN3O. The lowest BCUT2D eigenvalue weighted by Gasteiger charge is -2.28. The van der Waals surface area contributed by atoms with Gasteiger partial charge in [-0.25, -0.2) is 4.98 Å². The summed E-state index contributed by atoms with van der Waals surface area (Å²) in [6, 6.07) is 0. The van der Waals surface area contributed by atoms with Crippen LogP contribution in [-0.4, -0.2) is 23.1 Å². The monoisotopic (exact) mass is 313 g/mol. The molecule has 0 aliphatic carbocycles. The first-order chi connectivity index (χ1) is 8.39. The Balaban J connectivity index is 2.44. The fourth-order valence-corrected chi connectivity index (χ4v) is 2.98. The van der Waals surface area contributed by atoms with Crippen LogP contribution in [0.3, 0.4) is 0 Å². The average molecular weight is 314 g/mol. The van der Waals surface area contributed by atoms with Crippen LogP contribution in [0.4, 0.5) is 5.95 Å². The molecule has 0 atom stereocenters. The Morgan fingerprint density at radius 3 is 2.39 bits per heavy atom. The molecule has 1 aromatic rings. The highest BCUT2D eigenvalue weighted by Crippen LogP contribution is 2.27. The predicted molar refractivity (Wildman–Crippen MR) is 77.3 cm³/mol. The Labute approximate surface area is 116 Å². The van der Waals surface area contributed by atoms with E-state index < -0.39 is 0 Å². The average Bonchev–Trinajstić information content (AvgIpc) is 2.32. The topological polar surface area (TPSA) is 49.0 Å². The van der Waals surface area contributed by atoms with Crippen molar-refractivity contribution in [2.24, 2.45) is 0 Å². The maximum Gasteiger partial charge on any atom is 0.266 e. The van der Waals surface area contributed by atoms with E-state index in [1.165, 1.54) is 19.3 Å². The van der Waals surface area contributed by atoms with Crippen LogP contribution in [0.15, 0.2) is 9.27 Å². The third-order valence-corrected chi connectivity index (χ3v) is 3.95. The third-order valence-electron chi connectivity index (χ3n) is 3.22. The summed E-state index contributed by atoms with van der Waals surface area (Å²) in [4.78, 5) is 21.7. The number of hydrogen-bond acceptors (Lipinski definition) is 3. The Morgan fingerprint density at radius 2 is 1.83 bits per heavy atom. The lowest BCUT2D eigenvalue weighted by Crippen LogP contribution is -2.34. The molecular weight excluding hydrogens is 294 g/mol. The molecule has 2 heterocycles. The zero-order valence-corrected chi connectivity index (χ0v) is 12.8. The molecule has 0 spiro atoms. The number of hydrogen-bond donors (Lipinski definition) is 1. The minimum atomic E-state index is -0.141. The van der Waals surface area contributed by atoms with Gasteiger partial charge in [-0.05, 0) is 35.2 Å². The molecule has 1 fully saturated rings. The maximum absolute atomic E-state index is 12.0. The van der Waals surface area contributed by atoms with Crippen molar-refractivity contribution >= 4 is 21.9 Å². The molecule has 0 radical (unpaired) electrons. The van der Waals surface area contributed by atoms with E-state index in [0.29, 0.717) is 10.4 Å². The van der Waals surface area contributed by atoms with Crippen molar-refractivity contribution in [2.75, 3.05) is 18.0 Å². The zero-order valence-electron chi connectivity index (χ0n) is 11.2. The molecule has 1 saturated heterocycles. The maximum atomic E-state index is 12.0. The van der Waals surface area contributed by atoms with Gasteiger partial charge in [0, 0.05) is 18.5 Å². The van der Waals surface area contributed by atoms with E-state index in [2.05, 4.69) is 51.6 Å². The first-order valence-electron chi connectivity index (χ1n) is 6.45. The minimum Gasteiger partial charge on any atom is -0.342 e. The van der Waals surface area contributed by atoms with Crippen molar-refractivity contribution in [1.82, 2.24) is 9.97 Å². The van der Waals surface area contributed by atoms with Gasteiger partial charge in [-0.15, -0.1) is 0 Å². The Bertz CT molecular complexity index is 484. The molecule has 1 aromatic heterocycles. The van der Waals surface area contributed by atoms with E-state index in [1.54, 1.807) is 0 Å². The fraction of sp³-hybridized carbons (Fsp3) is 0.692. The Kier molecular flexibility index (Phi) is 3.80. The van der Waals surface area contributed by atoms with Gasteiger partial charge in [0.15, 0.2) is 0 Å². The summed E-state index contributed by atoms with van der Waals surface area (Å²) < 4.78 is 0.552. The smallest absolute Gasteiger partial charge is 0.266 e. The fourth-order valence-electron chi connectivity index (χ4n) is 2.20. The quantitative estimate of drug-likeness (QED) is 0.867. The molecule has 18 heavy (non-hydrogen) atoms. The second kappa shape index (κ2) is 5.03. The van der Waals surface area contributed by atoms with E-state index in [4.69, 9.17) is 0 Å². The van der Waals surface area contributed by atoms with E-state index in [1.807, 2.05) is 0 Å². The zero-order chi connectivity index (χ0) is 13.3. The number of aromatic nitrogens is 2. The van der Waals surface area contributed by atoms with Crippen molar-refractivity contribution in [2.45, 2.75) is 45.4 Å². The van der Waals surface area contributed by atoms with Crippen molar-refractivity contribution in [1.29, 1.82) is 0 Å². The molecule has 100 valence electrons. The molecule has 0 unspecified atom stereocenters. The number of aromatic amines is 1. The van der Waals surface area contributed by atoms with Gasteiger partial charge in [-0.2, -0.15) is 0 Å². The summed E-state index contributed by atoms with van der Waals surface area (Å²) in [5.74, 6) is 0.716. The number of nitrogens with one attached hydrogen (secondary N) is 1. The summed E-state index contributed by atoms with van der Waals surface area (Å²) in [6.45, 7) is 8.17. The van der Waals surface area contributed by atoms with Crippen LogP contribution >= 0.6 is 15.9 Å². The molecule has 5 heteroatoms. The Morgan fingerprint density at radius 1 is 1.22 bits per heavy atom. The van der Waals surface area contributed by atoms with Gasteiger partial charge >= 0.3 is 0 Å². The van der Waals surface area contributed by atoms with Crippen LogP contribution in [0.5, 0.6) is 0 Å². The van der Waals surface area contributed by atoms with Crippen LogP contribution < -0.4 is 10.5 Å². The van der Waals surface area contributed by atoms with Crippen LogP contribution in [0.25, 0.3) is 0 Å². The van der Waals surface area contributed by atoms with Gasteiger partial charge in [0.2, 0.25) is 5.95 Å². The first kappa shape index (κ1) is 13.6. The van der Waals surface area contributed by atoms with Crippen molar-refractivity contribution in [3.63, 3.8) is 0 Å². The molecule has 0 bridgehead atoms. The number of halogens is 1. The third kappa shape index (κ3) is 2.76. The second-order valence-electron chi connectivity index (χ2n) is 5.85. The summed E-state index contributed by atoms with van der Waals surface area (Å²) in [5, 5.41) is 0. The largest absolute Gasteiger partial charge is 0.342 e. The van der Waals surface area contributed by atoms with Gasteiger partial charge in [-0.1, -0.05) is 20.8 Å². The molecule has 4 nitrogen and oxygen atoms in total. The van der Waals surface area contributed by atoms with Gasteiger partial charge in [0.1, 0.15) is 4.47 Å². The molecule has 0 amide bonds. The number of H-pyrrole nitrogens is 1. The predicted octanol–water partition coefficient (Wildman–Crippen LogP) is 2.82. The van der Waals surface area contributed by atoms with Crippen LogP contribution in [0.2, 0.25) is 0 Å². The van der Waals surface area contributed by atoms with Crippen LogP contribution in [0.1, 0.15) is 45.7 Å². The highest BCUT2D eigenvalue weighted by Gasteiger charge is 2.23. The highest BCUT2D eigenvalue weighted by molar-refractivity contribution is 9.10. The molecule has 1 aliphatic rings. The molecule has 0 saturated carbocycles. The summed E-state index contributed by atoms with van der Waals surface area (Å²) >= 11 is 3.35. The number of rotatable bonds is 1. The standard InChI is InChI=1S/C13H20BrN3O/c1-13(2,3)10-9(14)11(18)16-12(15-10)17-7-5-4-6-8-17/h4-8H2,1-3H3,(H,15,16,18). The summed E-state index contributed by atoms with van der Waals surface area (Å²) in [6.07, 6.45) is 3.61. The molecule has 2 rings (SSSR count). The number of nitrogens with zero attached hydrogens (tertiary/aromatic N) is 2. The highest BCUT2D eigenvalue weighted by atomic mass is 79.9. The van der Waals surface area contributed by atoms with Crippen LogP contribution in [-0.2, 0) is 5.41 Å². The molecule has 1 N–H and O–H groups in total. The van der Waals surface area contributed by atoms with Gasteiger partial charge in [-0.3, -0.25) is 9.78 Å². The van der Waals surface area contributed by atoms with Gasteiger partial charge in [0.25, 0.3) is 5.56 Å². The van der Waals surface area contributed by atoms with E-state index in [9.17, 15) is 4.79 Å². The van der Waals surface area contributed by atoms with Gasteiger partial charge < -0.3 is 4.90 Å². The molecule has 1 aliphatic heterocycles. The minimum absolute atomic E-state index is 0.0875. The normalized spacial score (nSPS) is 17.0. The van der Waals surface area contributed by atoms with E-state index >= 15 is 0 Å². The van der Waals surface area contributed by atoms with E-state index in [-0.39, 0.29) is 11.0 Å². The van der Waals surface area contributed by atoms with Crippen molar-refractivity contribution in [3.05, 3.63) is 20.5 Å². The van der Waals surface area contributed by atoms with E-state index in [0.717, 1.165) is 18.8 Å². The lowest BCUT2D eigenvalue weighted by molar-refractivity contribution is 0.543. The summed E-state index contributed by atoms with van der Waals surface area (Å²) in [5.41, 5.74) is 0.597. The van der Waals surface area contributed by atoms with Crippen molar-refractivity contribution < 1.29 is 0 Å². The summed E-state index contributed by atoms with van der Waals surface area (Å²) in [7, 11) is 0. The SMILES string of the molecule is CC(C)(C)c1nc(N2CCCCC2)[nH]c(=O)c1Br. The van der Waals surface area contributed by atoms with Crippen LogP contribution in [0, 0.1) is 0 Å². The lowest BCUT2D eigenvalue weighted by atomic mass is 9.92. The first-order valence-corrected chi connectivity index (χ1v) is 7.24. The second-order valence-corrected chi connectivity index (χ2v) is 6.64. The van der Waals surface area contributed by atoms with Gasteiger partial charge in [0.05, 0.1) is 5.69 Å². The molecule has 0 aromatic carbocycles. The van der Waals surface area contributed by atoms with Crippen molar-refractivity contribution in [3.8, 4) is 0 Å². The number of piperidine rings is 1. The number of anilines is 1. The Hall–Kier alpha value is -0.840.